The number of carbonyl (C=O) groups is 1. The molecule has 184 valence electrons. The van der Waals surface area contributed by atoms with E-state index < -0.39 is 0 Å². The van der Waals surface area contributed by atoms with E-state index in [4.69, 9.17) is 27.9 Å². The molecular formula is C29H32Cl2N2O2. The molecule has 4 nitrogen and oxygen atoms in total. The van der Waals surface area contributed by atoms with Crippen LogP contribution in [-0.4, -0.2) is 30.9 Å². The van der Waals surface area contributed by atoms with E-state index in [1.807, 2.05) is 45.2 Å². The number of halogens is 2. The molecule has 0 aliphatic carbocycles. The lowest BCUT2D eigenvalue weighted by Gasteiger charge is -2.32. The van der Waals surface area contributed by atoms with Crippen LogP contribution in [0, 0.1) is 5.92 Å². The number of benzene rings is 3. The van der Waals surface area contributed by atoms with Crippen molar-refractivity contribution in [2.45, 2.75) is 39.2 Å². The maximum Gasteiger partial charge on any atom is 0.229 e. The van der Waals surface area contributed by atoms with Crippen LogP contribution in [0.1, 0.15) is 43.7 Å². The molecule has 3 aromatic rings. The molecule has 1 aliphatic heterocycles. The van der Waals surface area contributed by atoms with Crippen LogP contribution in [0.3, 0.4) is 0 Å². The first-order valence-corrected chi connectivity index (χ1v) is 12.9. The molecule has 4 rings (SSSR count). The third kappa shape index (κ3) is 6.58. The summed E-state index contributed by atoms with van der Waals surface area (Å²) in [6.07, 6.45) is 2.23. The largest absolute Gasteiger partial charge is 0.457 e. The van der Waals surface area contributed by atoms with Gasteiger partial charge in [0.05, 0.1) is 10.0 Å². The van der Waals surface area contributed by atoms with Crippen molar-refractivity contribution in [3.63, 3.8) is 0 Å². The lowest BCUT2D eigenvalue weighted by Crippen LogP contribution is -2.32. The third-order valence-electron chi connectivity index (χ3n) is 6.60. The van der Waals surface area contributed by atoms with Gasteiger partial charge in [0, 0.05) is 31.3 Å². The van der Waals surface area contributed by atoms with Crippen molar-refractivity contribution in [2.24, 2.45) is 5.92 Å². The molecule has 0 bridgehead atoms. The minimum atomic E-state index is -0.0107. The van der Waals surface area contributed by atoms with Crippen LogP contribution < -0.4 is 9.64 Å². The van der Waals surface area contributed by atoms with Gasteiger partial charge in [0.15, 0.2) is 0 Å². The van der Waals surface area contributed by atoms with E-state index in [9.17, 15) is 4.79 Å². The van der Waals surface area contributed by atoms with Gasteiger partial charge in [0.2, 0.25) is 5.91 Å². The number of nitrogens with zero attached hydrogens (tertiary/aromatic N) is 2. The van der Waals surface area contributed by atoms with Crippen molar-refractivity contribution in [1.29, 1.82) is 0 Å². The molecule has 0 N–H and O–H groups in total. The Labute approximate surface area is 218 Å². The summed E-state index contributed by atoms with van der Waals surface area (Å²) in [5, 5.41) is 0.992. The van der Waals surface area contributed by atoms with Crippen LogP contribution in [-0.2, 0) is 11.3 Å². The fourth-order valence-corrected chi connectivity index (χ4v) is 4.81. The Kier molecular flexibility index (Phi) is 8.38. The number of hydrogen-bond acceptors (Lipinski definition) is 3. The second-order valence-electron chi connectivity index (χ2n) is 9.52. The molecule has 0 aromatic heterocycles. The quantitative estimate of drug-likeness (QED) is 0.325. The molecule has 6 heteroatoms. The molecule has 1 fully saturated rings. The Balaban J connectivity index is 1.30. The number of likely N-dealkylation sites (tertiary alicyclic amines) is 1. The molecule has 1 amide bonds. The number of anilines is 1. The third-order valence-corrected chi connectivity index (χ3v) is 7.34. The van der Waals surface area contributed by atoms with Crippen LogP contribution in [0.15, 0.2) is 66.7 Å². The average Bonchev–Trinajstić information content (AvgIpc) is 2.87. The van der Waals surface area contributed by atoms with Crippen LogP contribution in [0.25, 0.3) is 0 Å². The summed E-state index contributed by atoms with van der Waals surface area (Å²) >= 11 is 12.1. The first kappa shape index (κ1) is 25.6. The Hall–Kier alpha value is -2.53. The fourth-order valence-electron chi connectivity index (χ4n) is 4.52. The van der Waals surface area contributed by atoms with Crippen LogP contribution in [0.4, 0.5) is 5.69 Å². The number of amides is 1. The van der Waals surface area contributed by atoms with Gasteiger partial charge in [-0.25, -0.2) is 0 Å². The number of rotatable bonds is 7. The lowest BCUT2D eigenvalue weighted by molar-refractivity contribution is -0.121. The Bertz CT molecular complexity index is 1160. The second-order valence-corrected chi connectivity index (χ2v) is 10.3. The van der Waals surface area contributed by atoms with E-state index in [1.165, 1.54) is 11.1 Å². The van der Waals surface area contributed by atoms with Gasteiger partial charge in [-0.3, -0.25) is 9.69 Å². The van der Waals surface area contributed by atoms with Crippen molar-refractivity contribution >= 4 is 34.8 Å². The van der Waals surface area contributed by atoms with Gasteiger partial charge in [-0.05, 0) is 79.4 Å². The van der Waals surface area contributed by atoms with Gasteiger partial charge in [0.1, 0.15) is 11.5 Å². The summed E-state index contributed by atoms with van der Waals surface area (Å²) < 4.78 is 5.90. The first-order chi connectivity index (χ1) is 16.8. The number of hydrogen-bond donors (Lipinski definition) is 0. The number of carbonyl (C=O) groups excluding carboxylic acids is 1. The average molecular weight is 511 g/mol. The molecule has 1 heterocycles. The highest BCUT2D eigenvalue weighted by molar-refractivity contribution is 6.42. The Morgan fingerprint density at radius 2 is 1.66 bits per heavy atom. The highest BCUT2D eigenvalue weighted by Gasteiger charge is 2.22. The first-order valence-electron chi connectivity index (χ1n) is 12.1. The Morgan fingerprint density at radius 1 is 0.971 bits per heavy atom. The zero-order valence-electron chi connectivity index (χ0n) is 20.5. The van der Waals surface area contributed by atoms with Crippen molar-refractivity contribution in [1.82, 2.24) is 4.90 Å². The zero-order valence-corrected chi connectivity index (χ0v) is 22.0. The van der Waals surface area contributed by atoms with Crippen molar-refractivity contribution in [2.75, 3.05) is 25.0 Å². The van der Waals surface area contributed by atoms with E-state index >= 15 is 0 Å². The van der Waals surface area contributed by atoms with Crippen LogP contribution in [0.2, 0.25) is 10.0 Å². The summed E-state index contributed by atoms with van der Waals surface area (Å²) in [6, 6.07) is 22.0. The van der Waals surface area contributed by atoms with Crippen molar-refractivity contribution in [3.8, 4) is 11.5 Å². The molecule has 1 aliphatic rings. The van der Waals surface area contributed by atoms with E-state index in [0.717, 1.165) is 43.9 Å². The summed E-state index contributed by atoms with van der Waals surface area (Å²) in [5.41, 5.74) is 3.57. The highest BCUT2D eigenvalue weighted by atomic mass is 35.5. The summed E-state index contributed by atoms with van der Waals surface area (Å²) in [7, 11) is 1.87. The minimum absolute atomic E-state index is 0.0107. The standard InChI is InChI=1S/C29H32Cl2N2O2/c1-20(2)29(34)32(3)24-6-4-5-23(17-24)22-13-15-33(16-14-22)19-21-7-9-25(10-8-21)35-26-11-12-27(30)28(31)18-26/h4-12,17-18,20,22H,13-16,19H2,1-3H3. The molecule has 1 saturated heterocycles. The topological polar surface area (TPSA) is 32.8 Å². The number of ether oxygens (including phenoxy) is 1. The minimum Gasteiger partial charge on any atom is -0.457 e. The van der Waals surface area contributed by atoms with Gasteiger partial charge < -0.3 is 9.64 Å². The molecule has 0 radical (unpaired) electrons. The van der Waals surface area contributed by atoms with E-state index in [0.29, 0.717) is 21.7 Å². The maximum atomic E-state index is 12.4. The summed E-state index contributed by atoms with van der Waals surface area (Å²) in [4.78, 5) is 16.7. The van der Waals surface area contributed by atoms with Crippen LogP contribution in [0.5, 0.6) is 11.5 Å². The molecular weight excluding hydrogens is 479 g/mol. The monoisotopic (exact) mass is 510 g/mol. The molecule has 0 saturated carbocycles. The SMILES string of the molecule is CC(C)C(=O)N(C)c1cccc(C2CCN(Cc3ccc(Oc4ccc(Cl)c(Cl)c4)cc3)CC2)c1. The Morgan fingerprint density at radius 3 is 2.31 bits per heavy atom. The van der Waals surface area contributed by atoms with Gasteiger partial charge in [-0.15, -0.1) is 0 Å². The van der Waals surface area contributed by atoms with Gasteiger partial charge >= 0.3 is 0 Å². The van der Waals surface area contributed by atoms with Crippen molar-refractivity contribution < 1.29 is 9.53 Å². The number of piperidine rings is 1. The van der Waals surface area contributed by atoms with Crippen LogP contribution >= 0.6 is 23.2 Å². The molecule has 3 aromatic carbocycles. The molecule has 0 unspecified atom stereocenters. The predicted molar refractivity (Wildman–Crippen MR) is 145 cm³/mol. The summed E-state index contributed by atoms with van der Waals surface area (Å²) in [6.45, 7) is 6.91. The zero-order chi connectivity index (χ0) is 24.9. The molecule has 0 atom stereocenters. The van der Waals surface area contributed by atoms with E-state index in [2.05, 4.69) is 35.2 Å². The maximum absolute atomic E-state index is 12.4. The fraction of sp³-hybridized carbons (Fsp3) is 0.345. The smallest absolute Gasteiger partial charge is 0.229 e. The summed E-state index contributed by atoms with van der Waals surface area (Å²) in [5.74, 6) is 2.09. The predicted octanol–water partition coefficient (Wildman–Crippen LogP) is 7.78. The highest BCUT2D eigenvalue weighted by Crippen LogP contribution is 2.32. The van der Waals surface area contributed by atoms with Crippen molar-refractivity contribution in [3.05, 3.63) is 87.9 Å². The van der Waals surface area contributed by atoms with E-state index in [1.54, 1.807) is 17.0 Å². The van der Waals surface area contributed by atoms with Gasteiger partial charge in [0.25, 0.3) is 0 Å². The second kappa shape index (κ2) is 11.5. The van der Waals surface area contributed by atoms with Gasteiger partial charge in [-0.1, -0.05) is 61.3 Å². The van der Waals surface area contributed by atoms with Gasteiger partial charge in [-0.2, -0.15) is 0 Å². The lowest BCUT2D eigenvalue weighted by atomic mass is 9.89. The normalized spacial score (nSPS) is 14.8. The molecule has 35 heavy (non-hydrogen) atoms. The molecule has 0 spiro atoms. The van der Waals surface area contributed by atoms with E-state index in [-0.39, 0.29) is 11.8 Å².